The van der Waals surface area contributed by atoms with Crippen LogP contribution in [-0.4, -0.2) is 41.5 Å². The average Bonchev–Trinajstić information content (AvgIpc) is 3.05. The van der Waals surface area contributed by atoms with Gasteiger partial charge in [0.25, 0.3) is 11.8 Å². The molecule has 2 N–H and O–H groups in total. The Hall–Kier alpha value is -3.33. The van der Waals surface area contributed by atoms with Crippen LogP contribution in [-0.2, 0) is 4.74 Å². The molecule has 27 heavy (non-hydrogen) atoms. The molecule has 0 saturated heterocycles. The van der Waals surface area contributed by atoms with E-state index >= 15 is 0 Å². The number of benzene rings is 1. The molecule has 9 heteroatoms. The summed E-state index contributed by atoms with van der Waals surface area (Å²) in [5.74, 6) is -3.20. The molecular formula is C18H16F2N4O3. The number of anilines is 1. The van der Waals surface area contributed by atoms with Gasteiger partial charge in [-0.3, -0.25) is 14.0 Å². The van der Waals surface area contributed by atoms with Crippen LogP contribution >= 0.6 is 0 Å². The molecular weight excluding hydrogens is 358 g/mol. The standard InChI is InChI=1S/C18H16F2N4O3/c1-27-9-7-21-18(26)16-23-15(14-4-2-3-8-24(14)16)17(25)22-11-5-6-12(19)13(20)10-11/h2-6,8,10H,7,9H2,1H3,(H,21,26)(H,22,25). The molecule has 0 unspecified atom stereocenters. The Bertz CT molecular complexity index is 1000. The molecule has 0 fully saturated rings. The average molecular weight is 374 g/mol. The molecule has 0 spiro atoms. The smallest absolute Gasteiger partial charge is 0.287 e. The molecule has 3 rings (SSSR count). The number of carbonyl (C=O) groups is 2. The van der Waals surface area contributed by atoms with Crippen LogP contribution in [0.25, 0.3) is 5.52 Å². The SMILES string of the molecule is COCCNC(=O)c1nc(C(=O)Nc2ccc(F)c(F)c2)c2ccccn12. The molecule has 3 aromatic rings. The second-order valence-corrected chi connectivity index (χ2v) is 5.57. The minimum atomic E-state index is -1.08. The van der Waals surface area contributed by atoms with E-state index in [4.69, 9.17) is 4.74 Å². The molecule has 0 aliphatic carbocycles. The first-order valence-corrected chi connectivity index (χ1v) is 8.02. The lowest BCUT2D eigenvalue weighted by Crippen LogP contribution is -2.28. The van der Waals surface area contributed by atoms with E-state index in [9.17, 15) is 18.4 Å². The van der Waals surface area contributed by atoms with Crippen LogP contribution in [0.3, 0.4) is 0 Å². The molecule has 0 aliphatic heterocycles. The molecule has 140 valence electrons. The lowest BCUT2D eigenvalue weighted by molar-refractivity contribution is 0.0926. The highest BCUT2D eigenvalue weighted by Gasteiger charge is 2.21. The predicted octanol–water partition coefficient (Wildman–Crippen LogP) is 2.24. The summed E-state index contributed by atoms with van der Waals surface area (Å²) in [5, 5.41) is 5.09. The maximum atomic E-state index is 13.3. The van der Waals surface area contributed by atoms with Crippen molar-refractivity contribution in [2.24, 2.45) is 0 Å². The summed E-state index contributed by atoms with van der Waals surface area (Å²) >= 11 is 0. The van der Waals surface area contributed by atoms with E-state index in [2.05, 4.69) is 15.6 Å². The third-order valence-corrected chi connectivity index (χ3v) is 3.74. The molecule has 0 radical (unpaired) electrons. The molecule has 0 aliphatic rings. The predicted molar refractivity (Wildman–Crippen MR) is 93.7 cm³/mol. The van der Waals surface area contributed by atoms with E-state index in [0.717, 1.165) is 12.1 Å². The van der Waals surface area contributed by atoms with Crippen LogP contribution in [0, 0.1) is 11.6 Å². The van der Waals surface area contributed by atoms with Crippen LogP contribution < -0.4 is 10.6 Å². The first-order valence-electron chi connectivity index (χ1n) is 8.02. The van der Waals surface area contributed by atoms with Gasteiger partial charge in [0, 0.05) is 31.6 Å². The van der Waals surface area contributed by atoms with Crippen molar-refractivity contribution in [2.75, 3.05) is 25.6 Å². The van der Waals surface area contributed by atoms with Gasteiger partial charge in [-0.15, -0.1) is 0 Å². The third-order valence-electron chi connectivity index (χ3n) is 3.74. The highest BCUT2D eigenvalue weighted by Crippen LogP contribution is 2.17. The monoisotopic (exact) mass is 374 g/mol. The topological polar surface area (TPSA) is 84.7 Å². The molecule has 0 atom stereocenters. The van der Waals surface area contributed by atoms with E-state index in [0.29, 0.717) is 12.1 Å². The Balaban J connectivity index is 1.90. The largest absolute Gasteiger partial charge is 0.383 e. The Morgan fingerprint density at radius 3 is 2.70 bits per heavy atom. The fourth-order valence-corrected chi connectivity index (χ4v) is 2.47. The van der Waals surface area contributed by atoms with Crippen molar-refractivity contribution in [3.63, 3.8) is 0 Å². The zero-order chi connectivity index (χ0) is 19.4. The quantitative estimate of drug-likeness (QED) is 0.648. The number of halogens is 2. The van der Waals surface area contributed by atoms with Crippen molar-refractivity contribution in [3.8, 4) is 0 Å². The number of imidazole rings is 1. The number of nitrogens with zero attached hydrogens (tertiary/aromatic N) is 2. The van der Waals surface area contributed by atoms with E-state index < -0.39 is 23.4 Å². The summed E-state index contributed by atoms with van der Waals surface area (Å²) in [5.41, 5.74) is 0.453. The fourth-order valence-electron chi connectivity index (χ4n) is 2.47. The fraction of sp³-hybridized carbons (Fsp3) is 0.167. The minimum absolute atomic E-state index is 0.0165. The highest BCUT2D eigenvalue weighted by atomic mass is 19.2. The Labute approximate surface area is 153 Å². The molecule has 7 nitrogen and oxygen atoms in total. The number of amides is 2. The van der Waals surface area contributed by atoms with Crippen molar-refractivity contribution in [3.05, 3.63) is 65.7 Å². The normalized spacial score (nSPS) is 10.8. The number of nitrogens with one attached hydrogen (secondary N) is 2. The zero-order valence-corrected chi connectivity index (χ0v) is 14.3. The Kier molecular flexibility index (Phi) is 5.41. The maximum Gasteiger partial charge on any atom is 0.287 e. The van der Waals surface area contributed by atoms with Gasteiger partial charge in [0.1, 0.15) is 0 Å². The molecule has 0 bridgehead atoms. The zero-order valence-electron chi connectivity index (χ0n) is 14.3. The first-order chi connectivity index (χ1) is 13.0. The first kappa shape index (κ1) is 18.5. The number of rotatable bonds is 6. The number of fused-ring (bicyclic) bond motifs is 1. The highest BCUT2D eigenvalue weighted by molar-refractivity contribution is 6.08. The summed E-state index contributed by atoms with van der Waals surface area (Å²) in [6.07, 6.45) is 1.60. The number of ether oxygens (including phenoxy) is 1. The molecule has 2 amide bonds. The molecule has 2 heterocycles. The summed E-state index contributed by atoms with van der Waals surface area (Å²) in [6.45, 7) is 0.617. The van der Waals surface area contributed by atoms with Gasteiger partial charge in [0.2, 0.25) is 5.82 Å². The van der Waals surface area contributed by atoms with Gasteiger partial charge in [-0.25, -0.2) is 13.8 Å². The lowest BCUT2D eigenvalue weighted by Gasteiger charge is -2.04. The van der Waals surface area contributed by atoms with Gasteiger partial charge in [-0.05, 0) is 24.3 Å². The van der Waals surface area contributed by atoms with Crippen molar-refractivity contribution in [1.82, 2.24) is 14.7 Å². The second-order valence-electron chi connectivity index (χ2n) is 5.57. The van der Waals surface area contributed by atoms with E-state index in [1.165, 1.54) is 17.6 Å². The summed E-state index contributed by atoms with van der Waals surface area (Å²) < 4.78 is 32.7. The van der Waals surface area contributed by atoms with Gasteiger partial charge in [-0.1, -0.05) is 6.07 Å². The van der Waals surface area contributed by atoms with E-state index in [-0.39, 0.29) is 23.8 Å². The van der Waals surface area contributed by atoms with Crippen molar-refractivity contribution in [2.45, 2.75) is 0 Å². The Morgan fingerprint density at radius 2 is 1.96 bits per heavy atom. The molecule has 0 saturated carbocycles. The maximum absolute atomic E-state index is 13.3. The van der Waals surface area contributed by atoms with Crippen LogP contribution in [0.4, 0.5) is 14.5 Å². The van der Waals surface area contributed by atoms with Crippen LogP contribution in [0.1, 0.15) is 21.1 Å². The number of pyridine rings is 1. The summed E-state index contributed by atoms with van der Waals surface area (Å²) in [4.78, 5) is 29.0. The van der Waals surface area contributed by atoms with Crippen molar-refractivity contribution >= 4 is 23.0 Å². The van der Waals surface area contributed by atoms with Gasteiger partial charge in [0.15, 0.2) is 17.3 Å². The number of hydrogen-bond donors (Lipinski definition) is 2. The van der Waals surface area contributed by atoms with Crippen LogP contribution in [0.15, 0.2) is 42.6 Å². The van der Waals surface area contributed by atoms with Gasteiger partial charge in [0.05, 0.1) is 12.1 Å². The summed E-state index contributed by atoms with van der Waals surface area (Å²) in [6, 6.07) is 8.01. The van der Waals surface area contributed by atoms with Gasteiger partial charge >= 0.3 is 0 Å². The minimum Gasteiger partial charge on any atom is -0.383 e. The molecule has 2 aromatic heterocycles. The summed E-state index contributed by atoms with van der Waals surface area (Å²) in [7, 11) is 1.51. The second kappa shape index (κ2) is 7.92. The number of hydrogen-bond acceptors (Lipinski definition) is 4. The number of aromatic nitrogens is 2. The third kappa shape index (κ3) is 3.93. The lowest BCUT2D eigenvalue weighted by atomic mass is 10.2. The van der Waals surface area contributed by atoms with Crippen molar-refractivity contribution in [1.29, 1.82) is 0 Å². The van der Waals surface area contributed by atoms with E-state index in [1.54, 1.807) is 24.4 Å². The number of carbonyl (C=O) groups excluding carboxylic acids is 2. The van der Waals surface area contributed by atoms with Crippen LogP contribution in [0.5, 0.6) is 0 Å². The van der Waals surface area contributed by atoms with Gasteiger partial charge < -0.3 is 15.4 Å². The Morgan fingerprint density at radius 1 is 1.15 bits per heavy atom. The molecule has 1 aromatic carbocycles. The van der Waals surface area contributed by atoms with E-state index in [1.807, 2.05) is 0 Å². The number of methoxy groups -OCH3 is 1. The van der Waals surface area contributed by atoms with Gasteiger partial charge in [-0.2, -0.15) is 0 Å². The van der Waals surface area contributed by atoms with Crippen LogP contribution in [0.2, 0.25) is 0 Å². The van der Waals surface area contributed by atoms with Crippen molar-refractivity contribution < 1.29 is 23.1 Å².